The average molecular weight is 260 g/mol. The van der Waals surface area contributed by atoms with E-state index in [1.807, 2.05) is 0 Å². The van der Waals surface area contributed by atoms with Crippen LogP contribution in [0.15, 0.2) is 5.38 Å². The highest BCUT2D eigenvalue weighted by atomic mass is 35.5. The van der Waals surface area contributed by atoms with E-state index in [1.54, 1.807) is 11.3 Å². The summed E-state index contributed by atoms with van der Waals surface area (Å²) in [4.78, 5) is 1.32. The Morgan fingerprint density at radius 3 is 2.62 bits per heavy atom. The van der Waals surface area contributed by atoms with Crippen molar-refractivity contribution in [2.24, 2.45) is 0 Å². The van der Waals surface area contributed by atoms with Gasteiger partial charge in [-0.25, -0.2) is 0 Å². The van der Waals surface area contributed by atoms with Crippen molar-refractivity contribution in [1.29, 1.82) is 0 Å². The summed E-state index contributed by atoms with van der Waals surface area (Å²) in [5.74, 6) is 0. The van der Waals surface area contributed by atoms with Crippen LogP contribution in [-0.4, -0.2) is 6.54 Å². The molecule has 1 heterocycles. The minimum atomic E-state index is 0.450. The number of hydrogen-bond acceptors (Lipinski definition) is 2. The van der Waals surface area contributed by atoms with Crippen LogP contribution < -0.4 is 5.32 Å². The second-order valence-corrected chi connectivity index (χ2v) is 5.54. The van der Waals surface area contributed by atoms with E-state index in [0.29, 0.717) is 6.04 Å². The molecule has 1 aromatic heterocycles. The molecule has 0 aliphatic carbocycles. The molecule has 0 aromatic carbocycles. The van der Waals surface area contributed by atoms with Crippen molar-refractivity contribution in [3.63, 3.8) is 0 Å². The molecule has 0 aliphatic rings. The maximum absolute atomic E-state index is 6.33. The Balaban J connectivity index is 2.70. The Morgan fingerprint density at radius 1 is 1.38 bits per heavy atom. The SMILES string of the molecule is CCCCC(NCCC)c1scc(C)c1Cl. The van der Waals surface area contributed by atoms with Gasteiger partial charge in [-0.05, 0) is 37.3 Å². The van der Waals surface area contributed by atoms with Gasteiger partial charge in [0.25, 0.3) is 0 Å². The lowest BCUT2D eigenvalue weighted by molar-refractivity contribution is 0.487. The standard InChI is InChI=1S/C13H22ClNS/c1-4-6-7-11(15-8-5-2)13-12(14)10(3)9-16-13/h9,11,15H,4-8H2,1-3H3. The van der Waals surface area contributed by atoms with Crippen LogP contribution in [0.5, 0.6) is 0 Å². The van der Waals surface area contributed by atoms with E-state index >= 15 is 0 Å². The third kappa shape index (κ3) is 3.76. The quantitative estimate of drug-likeness (QED) is 0.731. The molecule has 0 bridgehead atoms. The first-order chi connectivity index (χ1) is 7.70. The molecule has 0 fully saturated rings. The van der Waals surface area contributed by atoms with Crippen molar-refractivity contribution >= 4 is 22.9 Å². The number of hydrogen-bond donors (Lipinski definition) is 1. The maximum atomic E-state index is 6.33. The molecular weight excluding hydrogens is 238 g/mol. The van der Waals surface area contributed by atoms with Crippen molar-refractivity contribution in [2.45, 2.75) is 52.5 Å². The molecule has 1 atom stereocenters. The highest BCUT2D eigenvalue weighted by molar-refractivity contribution is 7.10. The normalized spacial score (nSPS) is 13.0. The third-order valence-electron chi connectivity index (χ3n) is 2.73. The van der Waals surface area contributed by atoms with Crippen LogP contribution in [0.4, 0.5) is 0 Å². The lowest BCUT2D eigenvalue weighted by Crippen LogP contribution is -2.21. The smallest absolute Gasteiger partial charge is 0.0590 e. The fraction of sp³-hybridized carbons (Fsp3) is 0.692. The zero-order chi connectivity index (χ0) is 12.0. The van der Waals surface area contributed by atoms with E-state index < -0.39 is 0 Å². The van der Waals surface area contributed by atoms with Gasteiger partial charge in [0.15, 0.2) is 0 Å². The first-order valence-corrected chi connectivity index (χ1v) is 7.43. The molecule has 0 spiro atoms. The summed E-state index contributed by atoms with van der Waals surface area (Å²) < 4.78 is 0. The van der Waals surface area contributed by atoms with E-state index in [4.69, 9.17) is 11.6 Å². The molecule has 0 amide bonds. The zero-order valence-corrected chi connectivity index (χ0v) is 12.0. The molecule has 92 valence electrons. The number of rotatable bonds is 7. The minimum Gasteiger partial charge on any atom is -0.309 e. The molecule has 0 saturated heterocycles. The maximum Gasteiger partial charge on any atom is 0.0590 e. The molecule has 1 aromatic rings. The number of unbranched alkanes of at least 4 members (excludes halogenated alkanes) is 1. The molecule has 16 heavy (non-hydrogen) atoms. The van der Waals surface area contributed by atoms with Gasteiger partial charge in [0.05, 0.1) is 5.02 Å². The molecule has 1 N–H and O–H groups in total. The summed E-state index contributed by atoms with van der Waals surface area (Å²) in [6.45, 7) is 7.59. The minimum absolute atomic E-state index is 0.450. The fourth-order valence-corrected chi connectivity index (χ4v) is 3.17. The second kappa shape index (κ2) is 7.31. The summed E-state index contributed by atoms with van der Waals surface area (Å²) in [6.07, 6.45) is 4.86. The van der Waals surface area contributed by atoms with Crippen LogP contribution in [0.1, 0.15) is 56.0 Å². The summed E-state index contributed by atoms with van der Waals surface area (Å²) in [5.41, 5.74) is 1.21. The van der Waals surface area contributed by atoms with Gasteiger partial charge in [0.2, 0.25) is 0 Å². The van der Waals surface area contributed by atoms with Gasteiger partial charge in [-0.1, -0.05) is 38.3 Å². The summed E-state index contributed by atoms with van der Waals surface area (Å²) in [6, 6.07) is 0.450. The second-order valence-electron chi connectivity index (χ2n) is 4.25. The third-order valence-corrected chi connectivity index (χ3v) is 4.56. The van der Waals surface area contributed by atoms with Crippen LogP contribution in [0, 0.1) is 6.92 Å². The Labute approximate surface area is 108 Å². The van der Waals surface area contributed by atoms with Crippen LogP contribution >= 0.6 is 22.9 Å². The van der Waals surface area contributed by atoms with Crippen molar-refractivity contribution < 1.29 is 0 Å². The highest BCUT2D eigenvalue weighted by Gasteiger charge is 2.16. The van der Waals surface area contributed by atoms with Gasteiger partial charge in [-0.3, -0.25) is 0 Å². The first kappa shape index (κ1) is 14.0. The lowest BCUT2D eigenvalue weighted by Gasteiger charge is -2.17. The van der Waals surface area contributed by atoms with Crippen LogP contribution in [0.25, 0.3) is 0 Å². The van der Waals surface area contributed by atoms with Crippen molar-refractivity contribution in [3.8, 4) is 0 Å². The number of thiophene rings is 1. The Morgan fingerprint density at radius 2 is 2.12 bits per heavy atom. The Hall–Kier alpha value is -0.0500. The molecule has 1 nitrogen and oxygen atoms in total. The predicted octanol–water partition coefficient (Wildman–Crippen LogP) is 4.94. The molecular formula is C13H22ClNS. The van der Waals surface area contributed by atoms with E-state index in [1.165, 1.54) is 36.1 Å². The van der Waals surface area contributed by atoms with E-state index in [0.717, 1.165) is 11.6 Å². The molecule has 0 radical (unpaired) electrons. The van der Waals surface area contributed by atoms with Gasteiger partial charge < -0.3 is 5.32 Å². The first-order valence-electron chi connectivity index (χ1n) is 6.17. The molecule has 1 unspecified atom stereocenters. The van der Waals surface area contributed by atoms with Gasteiger partial charge in [0, 0.05) is 10.9 Å². The Kier molecular flexibility index (Phi) is 6.40. The largest absolute Gasteiger partial charge is 0.309 e. The van der Waals surface area contributed by atoms with E-state index in [9.17, 15) is 0 Å². The molecule has 1 rings (SSSR count). The number of aryl methyl sites for hydroxylation is 1. The van der Waals surface area contributed by atoms with Crippen LogP contribution in [-0.2, 0) is 0 Å². The molecule has 0 saturated carbocycles. The van der Waals surface area contributed by atoms with Gasteiger partial charge in [-0.15, -0.1) is 11.3 Å². The summed E-state index contributed by atoms with van der Waals surface area (Å²) >= 11 is 8.12. The lowest BCUT2D eigenvalue weighted by atomic mass is 10.1. The fourth-order valence-electron chi connectivity index (χ4n) is 1.74. The van der Waals surface area contributed by atoms with Crippen LogP contribution in [0.2, 0.25) is 5.02 Å². The number of halogens is 1. The van der Waals surface area contributed by atoms with Gasteiger partial charge in [-0.2, -0.15) is 0 Å². The monoisotopic (exact) mass is 259 g/mol. The van der Waals surface area contributed by atoms with Gasteiger partial charge >= 0.3 is 0 Å². The molecule has 0 aliphatic heterocycles. The topological polar surface area (TPSA) is 12.0 Å². The highest BCUT2D eigenvalue weighted by Crippen LogP contribution is 2.34. The number of nitrogens with one attached hydrogen (secondary N) is 1. The molecule has 3 heteroatoms. The van der Waals surface area contributed by atoms with Gasteiger partial charge in [0.1, 0.15) is 0 Å². The van der Waals surface area contributed by atoms with E-state index in [2.05, 4.69) is 31.5 Å². The summed E-state index contributed by atoms with van der Waals surface area (Å²) in [7, 11) is 0. The predicted molar refractivity (Wildman–Crippen MR) is 74.6 cm³/mol. The van der Waals surface area contributed by atoms with E-state index in [-0.39, 0.29) is 0 Å². The van der Waals surface area contributed by atoms with Crippen molar-refractivity contribution in [1.82, 2.24) is 5.32 Å². The Bertz CT molecular complexity index is 301. The zero-order valence-electron chi connectivity index (χ0n) is 10.5. The van der Waals surface area contributed by atoms with Crippen molar-refractivity contribution in [3.05, 3.63) is 20.8 Å². The average Bonchev–Trinajstić information content (AvgIpc) is 2.61. The summed E-state index contributed by atoms with van der Waals surface area (Å²) in [5, 5.41) is 6.72. The van der Waals surface area contributed by atoms with Crippen molar-refractivity contribution in [2.75, 3.05) is 6.54 Å². The van der Waals surface area contributed by atoms with Crippen LogP contribution in [0.3, 0.4) is 0 Å².